The van der Waals surface area contributed by atoms with Gasteiger partial charge in [0.15, 0.2) is 11.4 Å². The largest absolute Gasteiger partial charge is 0.484 e. The Morgan fingerprint density at radius 1 is 1.14 bits per heavy atom. The topological polar surface area (TPSA) is 112 Å². The number of carbonyl (C=O) groups is 3. The summed E-state index contributed by atoms with van der Waals surface area (Å²) in [5, 5.41) is 12.6. The lowest BCUT2D eigenvalue weighted by atomic mass is 9.45. The van der Waals surface area contributed by atoms with Gasteiger partial charge in [0, 0.05) is 28.5 Å². The molecule has 0 amide bonds. The molecule has 2 fully saturated rings. The summed E-state index contributed by atoms with van der Waals surface area (Å²) in [7, 11) is 1.31. The summed E-state index contributed by atoms with van der Waals surface area (Å²) in [6, 6.07) is 1.77. The summed E-state index contributed by atoms with van der Waals surface area (Å²) in [5.74, 6) is -1.43. The van der Waals surface area contributed by atoms with Crippen LogP contribution < -0.4 is 0 Å². The first kappa shape index (κ1) is 23.9. The molecule has 4 aliphatic rings. The van der Waals surface area contributed by atoms with Crippen LogP contribution in [0.1, 0.15) is 65.5 Å². The van der Waals surface area contributed by atoms with Gasteiger partial charge in [-0.05, 0) is 44.2 Å². The molecule has 8 heteroatoms. The van der Waals surface area contributed by atoms with Crippen molar-refractivity contribution in [2.75, 3.05) is 7.11 Å². The van der Waals surface area contributed by atoms with Crippen molar-refractivity contribution in [3.63, 3.8) is 0 Å². The Kier molecular flexibility index (Phi) is 4.83. The Morgan fingerprint density at radius 3 is 2.49 bits per heavy atom. The monoisotopic (exact) mass is 484 g/mol. The summed E-state index contributed by atoms with van der Waals surface area (Å²) >= 11 is 0. The van der Waals surface area contributed by atoms with Gasteiger partial charge in [0.1, 0.15) is 17.5 Å². The normalized spacial score (nSPS) is 41.5. The number of fused-ring (bicyclic) bond motifs is 5. The van der Waals surface area contributed by atoms with Crippen LogP contribution in [0.4, 0.5) is 0 Å². The number of rotatable bonds is 3. The first-order valence-electron chi connectivity index (χ1n) is 12.0. The van der Waals surface area contributed by atoms with Crippen molar-refractivity contribution in [1.29, 1.82) is 0 Å². The van der Waals surface area contributed by atoms with Crippen LogP contribution in [0.25, 0.3) is 0 Å². The van der Waals surface area contributed by atoms with E-state index < -0.39 is 51.4 Å². The van der Waals surface area contributed by atoms with Crippen LogP contribution in [0.15, 0.2) is 46.5 Å². The first-order chi connectivity index (χ1) is 16.3. The smallest absolute Gasteiger partial charge is 0.331 e. The molecule has 0 bridgehead atoms. The van der Waals surface area contributed by atoms with E-state index in [2.05, 4.69) is 0 Å². The summed E-state index contributed by atoms with van der Waals surface area (Å²) < 4.78 is 22.6. The standard InChI is InChI=1S/C27H32O8/c1-23(2)16(11-20(29)32-6)25(4)19(13-18(23)28)35-26(5)17-12-21(30)34-22(15-7-10-33-14-15)24(17,3)8-9-27(25,26)31/h7,10,12-14,16,22,31H,8-9,11H2,1-6H3/t16-,22-,24+,25+,26+,27-/m0/s1. The number of hydrogen-bond donors (Lipinski definition) is 1. The predicted molar refractivity (Wildman–Crippen MR) is 123 cm³/mol. The highest BCUT2D eigenvalue weighted by molar-refractivity contribution is 5.97. The summed E-state index contributed by atoms with van der Waals surface area (Å²) in [6.45, 7) is 9.22. The minimum Gasteiger partial charge on any atom is -0.484 e. The van der Waals surface area contributed by atoms with Crippen molar-refractivity contribution in [2.24, 2.45) is 22.2 Å². The van der Waals surface area contributed by atoms with Gasteiger partial charge in [-0.25, -0.2) is 4.79 Å². The van der Waals surface area contributed by atoms with Crippen LogP contribution in [-0.4, -0.2) is 41.1 Å². The van der Waals surface area contributed by atoms with Crippen molar-refractivity contribution in [1.82, 2.24) is 0 Å². The number of ether oxygens (including phenoxy) is 3. The van der Waals surface area contributed by atoms with Crippen LogP contribution in [0.5, 0.6) is 0 Å². The lowest BCUT2D eigenvalue weighted by Gasteiger charge is -2.59. The van der Waals surface area contributed by atoms with Crippen LogP contribution >= 0.6 is 0 Å². The molecule has 0 aromatic carbocycles. The minimum absolute atomic E-state index is 0.0547. The molecular formula is C27H32O8. The molecule has 1 saturated carbocycles. The van der Waals surface area contributed by atoms with E-state index in [1.54, 1.807) is 33.1 Å². The Labute approximate surface area is 204 Å². The fraction of sp³-hybridized carbons (Fsp3) is 0.593. The number of ketones is 1. The van der Waals surface area contributed by atoms with Crippen molar-refractivity contribution in [2.45, 2.75) is 71.2 Å². The fourth-order valence-electron chi connectivity index (χ4n) is 7.39. The van der Waals surface area contributed by atoms with Crippen molar-refractivity contribution >= 4 is 17.7 Å². The molecule has 1 aromatic heterocycles. The number of furan rings is 1. The molecule has 35 heavy (non-hydrogen) atoms. The molecule has 6 atom stereocenters. The zero-order valence-corrected chi connectivity index (χ0v) is 21.0. The highest BCUT2D eigenvalue weighted by Gasteiger charge is 2.78. The lowest BCUT2D eigenvalue weighted by molar-refractivity contribution is -0.191. The lowest BCUT2D eigenvalue weighted by Crippen LogP contribution is -2.67. The average Bonchev–Trinajstić information content (AvgIpc) is 3.38. The van der Waals surface area contributed by atoms with E-state index in [1.165, 1.54) is 25.5 Å². The van der Waals surface area contributed by atoms with Gasteiger partial charge < -0.3 is 23.7 Å². The number of carbonyl (C=O) groups excluding carboxylic acids is 3. The van der Waals surface area contributed by atoms with Gasteiger partial charge >= 0.3 is 11.9 Å². The van der Waals surface area contributed by atoms with E-state index in [1.807, 2.05) is 13.8 Å². The van der Waals surface area contributed by atoms with E-state index in [9.17, 15) is 19.5 Å². The third-order valence-electron chi connectivity index (χ3n) is 9.59. The van der Waals surface area contributed by atoms with Crippen LogP contribution in [0, 0.1) is 22.2 Å². The minimum atomic E-state index is -1.51. The van der Waals surface area contributed by atoms with Gasteiger partial charge in [-0.3, -0.25) is 9.59 Å². The summed E-state index contributed by atoms with van der Waals surface area (Å²) in [6.07, 6.45) is 6.09. The highest BCUT2D eigenvalue weighted by atomic mass is 16.6. The van der Waals surface area contributed by atoms with Gasteiger partial charge in [0.05, 0.1) is 31.5 Å². The van der Waals surface area contributed by atoms with Gasteiger partial charge in [-0.15, -0.1) is 0 Å². The predicted octanol–water partition coefficient (Wildman–Crippen LogP) is 3.80. The second-order valence-electron chi connectivity index (χ2n) is 11.5. The number of hydrogen-bond acceptors (Lipinski definition) is 8. The van der Waals surface area contributed by atoms with Crippen LogP contribution in [-0.2, 0) is 28.6 Å². The number of methoxy groups -OCH3 is 1. The van der Waals surface area contributed by atoms with E-state index >= 15 is 0 Å². The number of allylic oxidation sites excluding steroid dienone is 1. The molecule has 8 nitrogen and oxygen atoms in total. The first-order valence-corrected chi connectivity index (χ1v) is 12.0. The van der Waals surface area contributed by atoms with Gasteiger partial charge in [-0.1, -0.05) is 20.8 Å². The molecule has 0 spiro atoms. The highest BCUT2D eigenvalue weighted by Crippen LogP contribution is 2.72. The fourth-order valence-corrected chi connectivity index (χ4v) is 7.39. The van der Waals surface area contributed by atoms with Gasteiger partial charge in [0.2, 0.25) is 0 Å². The maximum atomic E-state index is 13.2. The quantitative estimate of drug-likeness (QED) is 0.645. The van der Waals surface area contributed by atoms with Crippen molar-refractivity contribution in [3.8, 4) is 0 Å². The molecule has 1 saturated heterocycles. The second-order valence-corrected chi connectivity index (χ2v) is 11.5. The third kappa shape index (κ3) is 2.74. The molecule has 1 N–H and O–H groups in total. The van der Waals surface area contributed by atoms with E-state index in [-0.39, 0.29) is 12.2 Å². The molecule has 5 rings (SSSR count). The summed E-state index contributed by atoms with van der Waals surface area (Å²) in [4.78, 5) is 38.5. The molecule has 2 aliphatic carbocycles. The van der Waals surface area contributed by atoms with Gasteiger partial charge in [-0.2, -0.15) is 0 Å². The number of cyclic esters (lactones) is 1. The SMILES string of the molecule is COC(=O)C[C@H]1C(C)(C)C(=O)C=C2O[C@]3(C)C4=CC(=O)O[C@@H](c5ccoc5)[C@]4(C)CC[C@]3(O)[C@@]21C. The summed E-state index contributed by atoms with van der Waals surface area (Å²) in [5.41, 5.74) is -4.22. The second kappa shape index (κ2) is 7.09. The zero-order chi connectivity index (χ0) is 25.6. The Hall–Kier alpha value is -2.87. The number of esters is 2. The maximum Gasteiger partial charge on any atom is 0.331 e. The van der Waals surface area contributed by atoms with E-state index in [0.717, 1.165) is 5.56 Å². The van der Waals surface area contributed by atoms with Gasteiger partial charge in [0.25, 0.3) is 0 Å². The molecule has 188 valence electrons. The van der Waals surface area contributed by atoms with Crippen LogP contribution in [0.2, 0.25) is 0 Å². The van der Waals surface area contributed by atoms with E-state index in [0.29, 0.717) is 24.2 Å². The molecule has 2 aliphatic heterocycles. The third-order valence-corrected chi connectivity index (χ3v) is 9.59. The van der Waals surface area contributed by atoms with Crippen molar-refractivity contribution in [3.05, 3.63) is 47.6 Å². The Bertz CT molecular complexity index is 1180. The molecule has 0 unspecified atom stereocenters. The number of aliphatic hydroxyl groups is 1. The molecule has 3 heterocycles. The zero-order valence-electron chi connectivity index (χ0n) is 21.0. The Morgan fingerprint density at radius 2 is 1.86 bits per heavy atom. The molecule has 0 radical (unpaired) electrons. The molecule has 1 aromatic rings. The average molecular weight is 485 g/mol. The molecular weight excluding hydrogens is 452 g/mol. The van der Waals surface area contributed by atoms with Crippen molar-refractivity contribution < 1.29 is 38.1 Å². The Balaban J connectivity index is 1.70. The van der Waals surface area contributed by atoms with Crippen LogP contribution in [0.3, 0.4) is 0 Å². The van der Waals surface area contributed by atoms with E-state index in [4.69, 9.17) is 18.6 Å². The maximum absolute atomic E-state index is 13.2.